The largest absolute Gasteiger partial charge is 0.476 e. The van der Waals surface area contributed by atoms with E-state index in [-0.39, 0.29) is 29.5 Å². The minimum atomic E-state index is -1.16. The van der Waals surface area contributed by atoms with Crippen LogP contribution in [0.3, 0.4) is 0 Å². The number of likely N-dealkylation sites (tertiary alicyclic amines) is 1. The lowest BCUT2D eigenvalue weighted by molar-refractivity contribution is -0.126. The van der Waals surface area contributed by atoms with Gasteiger partial charge in [-0.1, -0.05) is 0 Å². The van der Waals surface area contributed by atoms with Crippen LogP contribution in [-0.4, -0.2) is 70.8 Å². The molecule has 1 aliphatic heterocycles. The van der Waals surface area contributed by atoms with Gasteiger partial charge in [-0.25, -0.2) is 4.79 Å². The third kappa shape index (κ3) is 3.99. The average Bonchev–Trinajstić information content (AvgIpc) is 3.11. The highest BCUT2D eigenvalue weighted by atomic mass is 16.5. The number of aromatic carboxylic acids is 1. The Morgan fingerprint density at radius 1 is 1.36 bits per heavy atom. The van der Waals surface area contributed by atoms with E-state index in [0.29, 0.717) is 42.6 Å². The molecule has 2 unspecified atom stereocenters. The number of carboxylic acids is 1. The Morgan fingerprint density at radius 3 is 2.86 bits per heavy atom. The average molecular weight is 388 g/mol. The molecule has 9 nitrogen and oxygen atoms in total. The van der Waals surface area contributed by atoms with Crippen LogP contribution >= 0.6 is 0 Å². The number of benzene rings is 1. The van der Waals surface area contributed by atoms with Gasteiger partial charge in [-0.05, 0) is 38.0 Å². The summed E-state index contributed by atoms with van der Waals surface area (Å²) in [6.45, 7) is 3.16. The first-order valence-corrected chi connectivity index (χ1v) is 9.21. The van der Waals surface area contributed by atoms with Gasteiger partial charge in [-0.2, -0.15) is 5.10 Å². The van der Waals surface area contributed by atoms with E-state index >= 15 is 0 Å². The fourth-order valence-corrected chi connectivity index (χ4v) is 3.50. The van der Waals surface area contributed by atoms with Crippen LogP contribution in [-0.2, 0) is 9.53 Å². The number of fused-ring (bicyclic) bond motifs is 1. The van der Waals surface area contributed by atoms with Crippen molar-refractivity contribution in [2.24, 2.45) is 5.92 Å². The second-order valence-corrected chi connectivity index (χ2v) is 7.00. The molecule has 150 valence electrons. The lowest BCUT2D eigenvalue weighted by Gasteiger charge is -2.37. The molecule has 1 aromatic carbocycles. The molecule has 9 heteroatoms. The Hall–Kier alpha value is -2.94. The Kier molecular flexibility index (Phi) is 5.93. The summed E-state index contributed by atoms with van der Waals surface area (Å²) in [5.41, 5.74) is 0.812. The zero-order valence-corrected chi connectivity index (χ0v) is 15.9. The standard InChI is InChI=1S/C19H24N4O5/c1-11-3-4-13(17(24)20-7-8-28-2)10-23(11)18(25)12-5-6-15-14(9-12)16(19(26)27)22-21-15/h5-6,9,11,13H,3-4,7-8,10H2,1-2H3,(H,20,24)(H,21,22)(H,26,27). The van der Waals surface area contributed by atoms with Crippen LogP contribution in [0.15, 0.2) is 18.2 Å². The number of nitrogens with one attached hydrogen (secondary N) is 2. The quantitative estimate of drug-likeness (QED) is 0.640. The fourth-order valence-electron chi connectivity index (χ4n) is 3.50. The number of ether oxygens (including phenoxy) is 1. The third-order valence-electron chi connectivity index (χ3n) is 5.13. The molecule has 1 fully saturated rings. The molecule has 0 spiro atoms. The van der Waals surface area contributed by atoms with Crippen LogP contribution in [0, 0.1) is 5.92 Å². The van der Waals surface area contributed by atoms with Crippen LogP contribution in [0.1, 0.15) is 40.6 Å². The van der Waals surface area contributed by atoms with E-state index in [0.717, 1.165) is 6.42 Å². The van der Waals surface area contributed by atoms with Crippen LogP contribution in [0.25, 0.3) is 10.9 Å². The maximum atomic E-state index is 13.1. The van der Waals surface area contributed by atoms with E-state index in [1.54, 1.807) is 30.2 Å². The second kappa shape index (κ2) is 8.39. The lowest BCUT2D eigenvalue weighted by Crippen LogP contribution is -2.49. The first-order chi connectivity index (χ1) is 13.4. The Labute approximate surface area is 162 Å². The molecule has 1 aromatic heterocycles. The van der Waals surface area contributed by atoms with Gasteiger partial charge in [0.15, 0.2) is 5.69 Å². The number of aromatic amines is 1. The summed E-state index contributed by atoms with van der Waals surface area (Å²) >= 11 is 0. The Morgan fingerprint density at radius 2 is 2.14 bits per heavy atom. The number of hydrogen-bond donors (Lipinski definition) is 3. The predicted octanol–water partition coefficient (Wildman–Crippen LogP) is 1.26. The molecule has 2 amide bonds. The SMILES string of the molecule is COCCNC(=O)C1CCC(C)N(C(=O)c2ccc3[nH]nc(C(=O)O)c3c2)C1. The van der Waals surface area contributed by atoms with Gasteiger partial charge in [-0.3, -0.25) is 14.7 Å². The van der Waals surface area contributed by atoms with Crippen molar-refractivity contribution in [2.45, 2.75) is 25.8 Å². The summed E-state index contributed by atoms with van der Waals surface area (Å²) in [6, 6.07) is 4.82. The highest BCUT2D eigenvalue weighted by molar-refractivity contribution is 6.04. The third-order valence-corrected chi connectivity index (χ3v) is 5.13. The molecular weight excluding hydrogens is 364 g/mol. The minimum absolute atomic E-state index is 0.00508. The van der Waals surface area contributed by atoms with E-state index in [4.69, 9.17) is 4.74 Å². The first-order valence-electron chi connectivity index (χ1n) is 9.21. The van der Waals surface area contributed by atoms with Crippen LogP contribution in [0.2, 0.25) is 0 Å². The normalized spacial score (nSPS) is 19.6. The number of rotatable bonds is 6. The maximum absolute atomic E-state index is 13.1. The number of carbonyl (C=O) groups excluding carboxylic acids is 2. The molecule has 1 aliphatic rings. The molecule has 2 atom stereocenters. The number of piperidine rings is 1. The van der Waals surface area contributed by atoms with Crippen molar-refractivity contribution >= 4 is 28.7 Å². The van der Waals surface area contributed by atoms with E-state index < -0.39 is 5.97 Å². The number of carbonyl (C=O) groups is 3. The highest BCUT2D eigenvalue weighted by Gasteiger charge is 2.33. The number of nitrogens with zero attached hydrogens (tertiary/aromatic N) is 2. The van der Waals surface area contributed by atoms with Crippen LogP contribution in [0.4, 0.5) is 0 Å². The number of aromatic nitrogens is 2. The molecule has 3 rings (SSSR count). The lowest BCUT2D eigenvalue weighted by atomic mass is 9.92. The fraction of sp³-hybridized carbons (Fsp3) is 0.474. The smallest absolute Gasteiger partial charge is 0.357 e. The molecule has 3 N–H and O–H groups in total. The van der Waals surface area contributed by atoms with Gasteiger partial charge in [0, 0.05) is 37.2 Å². The van der Waals surface area contributed by atoms with Crippen molar-refractivity contribution in [1.29, 1.82) is 0 Å². The summed E-state index contributed by atoms with van der Waals surface area (Å²) in [4.78, 5) is 38.4. The maximum Gasteiger partial charge on any atom is 0.357 e. The predicted molar refractivity (Wildman–Crippen MR) is 101 cm³/mol. The topological polar surface area (TPSA) is 125 Å². The van der Waals surface area contributed by atoms with Gasteiger partial charge in [0.2, 0.25) is 5.91 Å². The van der Waals surface area contributed by atoms with E-state index in [2.05, 4.69) is 15.5 Å². The number of methoxy groups -OCH3 is 1. The Balaban J connectivity index is 1.78. The molecule has 0 aliphatic carbocycles. The number of hydrogen-bond acceptors (Lipinski definition) is 5. The van der Waals surface area contributed by atoms with Gasteiger partial charge >= 0.3 is 5.97 Å². The highest BCUT2D eigenvalue weighted by Crippen LogP contribution is 2.25. The molecule has 0 radical (unpaired) electrons. The van der Waals surface area contributed by atoms with Crippen molar-refractivity contribution in [3.8, 4) is 0 Å². The van der Waals surface area contributed by atoms with Gasteiger partial charge < -0.3 is 20.1 Å². The molecule has 0 saturated carbocycles. The zero-order valence-electron chi connectivity index (χ0n) is 15.9. The summed E-state index contributed by atoms with van der Waals surface area (Å²) in [5.74, 6) is -1.74. The van der Waals surface area contributed by atoms with Gasteiger partial charge in [0.05, 0.1) is 18.0 Å². The van der Waals surface area contributed by atoms with E-state index in [9.17, 15) is 19.5 Å². The van der Waals surface area contributed by atoms with Gasteiger partial charge in [0.1, 0.15) is 0 Å². The van der Waals surface area contributed by atoms with E-state index in [1.807, 2.05) is 6.92 Å². The summed E-state index contributed by atoms with van der Waals surface area (Å²) in [5, 5.41) is 18.9. The first kappa shape index (κ1) is 19.8. The summed E-state index contributed by atoms with van der Waals surface area (Å²) in [6.07, 6.45) is 1.44. The molecular formula is C19H24N4O5. The van der Waals surface area contributed by atoms with Gasteiger partial charge in [0.25, 0.3) is 5.91 Å². The summed E-state index contributed by atoms with van der Waals surface area (Å²) in [7, 11) is 1.57. The molecule has 28 heavy (non-hydrogen) atoms. The Bertz CT molecular complexity index is 894. The van der Waals surface area contributed by atoms with Crippen molar-refractivity contribution in [2.75, 3.05) is 26.8 Å². The monoisotopic (exact) mass is 388 g/mol. The number of carboxylic acid groups (broad SMARTS) is 1. The van der Waals surface area contributed by atoms with Crippen molar-refractivity contribution in [3.63, 3.8) is 0 Å². The van der Waals surface area contributed by atoms with Crippen molar-refractivity contribution in [3.05, 3.63) is 29.5 Å². The van der Waals surface area contributed by atoms with Crippen LogP contribution in [0.5, 0.6) is 0 Å². The molecule has 1 saturated heterocycles. The number of amides is 2. The molecule has 0 bridgehead atoms. The molecule has 2 aromatic rings. The zero-order chi connectivity index (χ0) is 20.3. The summed E-state index contributed by atoms with van der Waals surface area (Å²) < 4.78 is 4.94. The number of H-pyrrole nitrogens is 1. The van der Waals surface area contributed by atoms with Crippen LogP contribution < -0.4 is 5.32 Å². The second-order valence-electron chi connectivity index (χ2n) is 7.00. The minimum Gasteiger partial charge on any atom is -0.476 e. The molecule has 2 heterocycles. The van der Waals surface area contributed by atoms with Crippen molar-refractivity contribution in [1.82, 2.24) is 20.4 Å². The van der Waals surface area contributed by atoms with Crippen molar-refractivity contribution < 1.29 is 24.2 Å². The van der Waals surface area contributed by atoms with Gasteiger partial charge in [-0.15, -0.1) is 0 Å². The van der Waals surface area contributed by atoms with E-state index in [1.165, 1.54) is 0 Å².